The topological polar surface area (TPSA) is 69.4 Å². The summed E-state index contributed by atoms with van der Waals surface area (Å²) in [6.45, 7) is 7.22. The first-order valence-electron chi connectivity index (χ1n) is 7.47. The molecule has 0 unspecified atom stereocenters. The van der Waals surface area contributed by atoms with E-state index in [2.05, 4.69) is 9.58 Å². The van der Waals surface area contributed by atoms with Crippen LogP contribution in [-0.2, 0) is 19.0 Å². The molecule has 2 fully saturated rings. The van der Waals surface area contributed by atoms with Gasteiger partial charge in [0.25, 0.3) is 0 Å². The Balaban J connectivity index is 1.92. The van der Waals surface area contributed by atoms with Crippen LogP contribution in [0.1, 0.15) is 38.5 Å². The first-order valence-corrected chi connectivity index (χ1v) is 7.47. The van der Waals surface area contributed by atoms with E-state index in [9.17, 15) is 9.90 Å². The lowest BCUT2D eigenvalue weighted by Crippen LogP contribution is -2.51. The molecule has 0 spiro atoms. The van der Waals surface area contributed by atoms with Crippen molar-refractivity contribution in [1.29, 1.82) is 0 Å². The summed E-state index contributed by atoms with van der Waals surface area (Å²) in [7, 11) is 1.37. The van der Waals surface area contributed by atoms with Gasteiger partial charge in [0.15, 0.2) is 0 Å². The third-order valence-electron chi connectivity index (χ3n) is 4.40. The summed E-state index contributed by atoms with van der Waals surface area (Å²) in [6.07, 6.45) is 3.70. The van der Waals surface area contributed by atoms with Crippen LogP contribution in [0, 0.1) is 6.57 Å². The van der Waals surface area contributed by atoms with E-state index < -0.39 is 5.60 Å². The van der Waals surface area contributed by atoms with Gasteiger partial charge in [-0.2, -0.15) is 0 Å². The van der Waals surface area contributed by atoms with Crippen LogP contribution in [-0.4, -0.2) is 55.3 Å². The fraction of sp³-hybridized carbons (Fsp3) is 0.867. The Hall–Kier alpha value is -1.16. The summed E-state index contributed by atoms with van der Waals surface area (Å²) in [6, 6.07) is 0. The van der Waals surface area contributed by atoms with Gasteiger partial charge in [0, 0.05) is 19.3 Å². The summed E-state index contributed by atoms with van der Waals surface area (Å²) >= 11 is 0. The van der Waals surface area contributed by atoms with Crippen molar-refractivity contribution in [2.24, 2.45) is 0 Å². The molecule has 4 atom stereocenters. The van der Waals surface area contributed by atoms with E-state index >= 15 is 0 Å². The third-order valence-corrected chi connectivity index (χ3v) is 4.40. The van der Waals surface area contributed by atoms with E-state index in [1.54, 1.807) is 0 Å². The van der Waals surface area contributed by atoms with Crippen molar-refractivity contribution in [2.45, 2.75) is 62.4 Å². The van der Waals surface area contributed by atoms with Gasteiger partial charge in [-0.3, -0.25) is 4.79 Å². The molecule has 2 aliphatic heterocycles. The highest BCUT2D eigenvalue weighted by Crippen LogP contribution is 2.43. The lowest BCUT2D eigenvalue weighted by Gasteiger charge is -2.40. The number of aliphatic hydroxyl groups is 1. The van der Waals surface area contributed by atoms with Crippen LogP contribution in [0.3, 0.4) is 0 Å². The molecule has 118 valence electrons. The largest absolute Gasteiger partial charge is 0.469 e. The maximum Gasteiger partial charge on any atom is 0.305 e. The summed E-state index contributed by atoms with van der Waals surface area (Å²) in [5.41, 5.74) is -0.661. The van der Waals surface area contributed by atoms with E-state index in [1.807, 2.05) is 0 Å². The van der Waals surface area contributed by atoms with E-state index in [1.165, 1.54) is 7.11 Å². The molecule has 0 aromatic rings. The van der Waals surface area contributed by atoms with Gasteiger partial charge >= 0.3 is 5.97 Å². The SMILES string of the molecule is [C-]#[N+]CC[C@H]1CC[C@@H]2O[C@@H](CCC(=O)OC)C[C@]2(CO)O1. The van der Waals surface area contributed by atoms with Gasteiger partial charge in [0.2, 0.25) is 6.54 Å². The van der Waals surface area contributed by atoms with Gasteiger partial charge in [-0.05, 0) is 19.3 Å². The van der Waals surface area contributed by atoms with Crippen LogP contribution in [0.4, 0.5) is 0 Å². The van der Waals surface area contributed by atoms with Crippen LogP contribution >= 0.6 is 0 Å². The monoisotopic (exact) mass is 297 g/mol. The highest BCUT2D eigenvalue weighted by molar-refractivity contribution is 5.69. The zero-order chi connectivity index (χ0) is 15.3. The highest BCUT2D eigenvalue weighted by atomic mass is 16.6. The van der Waals surface area contributed by atoms with Crippen molar-refractivity contribution in [3.05, 3.63) is 11.4 Å². The number of hydrogen-bond donors (Lipinski definition) is 1. The second-order valence-electron chi connectivity index (χ2n) is 5.78. The number of hydrogen-bond acceptors (Lipinski definition) is 5. The van der Waals surface area contributed by atoms with Gasteiger partial charge in [0.05, 0.1) is 32.0 Å². The van der Waals surface area contributed by atoms with E-state index in [0.717, 1.165) is 12.8 Å². The predicted octanol–water partition coefficient (Wildman–Crippen LogP) is 1.32. The molecular weight excluding hydrogens is 274 g/mol. The molecule has 1 N–H and O–H groups in total. The second-order valence-corrected chi connectivity index (χ2v) is 5.78. The Bertz CT molecular complexity index is 407. The number of aliphatic hydroxyl groups excluding tert-OH is 1. The van der Waals surface area contributed by atoms with Crippen molar-refractivity contribution in [3.63, 3.8) is 0 Å². The minimum atomic E-state index is -0.661. The number of fused-ring (bicyclic) bond motifs is 1. The van der Waals surface area contributed by atoms with Gasteiger partial charge < -0.3 is 24.2 Å². The van der Waals surface area contributed by atoms with Crippen LogP contribution in [0.5, 0.6) is 0 Å². The third kappa shape index (κ3) is 3.73. The molecule has 0 saturated carbocycles. The quantitative estimate of drug-likeness (QED) is 0.591. The van der Waals surface area contributed by atoms with Crippen LogP contribution in [0.25, 0.3) is 4.85 Å². The lowest BCUT2D eigenvalue weighted by atomic mass is 9.86. The highest BCUT2D eigenvalue weighted by Gasteiger charge is 2.52. The Morgan fingerprint density at radius 1 is 1.43 bits per heavy atom. The van der Waals surface area contributed by atoms with Gasteiger partial charge in [-0.1, -0.05) is 0 Å². The van der Waals surface area contributed by atoms with E-state index in [4.69, 9.17) is 16.0 Å². The molecule has 0 aromatic carbocycles. The fourth-order valence-corrected chi connectivity index (χ4v) is 3.27. The molecular formula is C15H23NO5. The number of esters is 1. The molecule has 2 saturated heterocycles. The Labute approximate surface area is 125 Å². The van der Waals surface area contributed by atoms with Gasteiger partial charge in [0.1, 0.15) is 5.60 Å². The van der Waals surface area contributed by atoms with Crippen LogP contribution in [0.15, 0.2) is 0 Å². The molecule has 2 aliphatic rings. The minimum Gasteiger partial charge on any atom is -0.469 e. The zero-order valence-electron chi connectivity index (χ0n) is 12.4. The molecule has 0 bridgehead atoms. The normalized spacial score (nSPS) is 35.0. The summed E-state index contributed by atoms with van der Waals surface area (Å²) < 4.78 is 16.7. The molecule has 0 aliphatic carbocycles. The predicted molar refractivity (Wildman–Crippen MR) is 74.5 cm³/mol. The minimum absolute atomic E-state index is 0.0189. The van der Waals surface area contributed by atoms with E-state index in [0.29, 0.717) is 32.2 Å². The Morgan fingerprint density at radius 2 is 2.24 bits per heavy atom. The number of nitrogens with zero attached hydrogens (tertiary/aromatic N) is 1. The van der Waals surface area contributed by atoms with Crippen molar-refractivity contribution in [1.82, 2.24) is 0 Å². The number of carbonyl (C=O) groups excluding carboxylic acids is 1. The molecule has 2 heterocycles. The smallest absolute Gasteiger partial charge is 0.305 e. The van der Waals surface area contributed by atoms with Crippen molar-refractivity contribution >= 4 is 5.97 Å². The fourth-order valence-electron chi connectivity index (χ4n) is 3.27. The number of ether oxygens (including phenoxy) is 3. The summed E-state index contributed by atoms with van der Waals surface area (Å²) in [5.74, 6) is -0.248. The molecule has 21 heavy (non-hydrogen) atoms. The van der Waals surface area contributed by atoms with Crippen molar-refractivity contribution in [3.8, 4) is 0 Å². The molecule has 2 rings (SSSR count). The molecule has 0 amide bonds. The van der Waals surface area contributed by atoms with Crippen LogP contribution < -0.4 is 0 Å². The summed E-state index contributed by atoms with van der Waals surface area (Å²) in [4.78, 5) is 14.6. The molecule has 6 nitrogen and oxygen atoms in total. The lowest BCUT2D eigenvalue weighted by molar-refractivity contribution is -0.182. The standard InChI is InChI=1S/C15H23NO5/c1-16-8-7-11-3-5-13-15(10-17,21-11)9-12(20-13)4-6-14(18)19-2/h11-13,17H,3-10H2,2H3/t11-,12+,13+,15-/m1/s1. The first kappa shape index (κ1) is 16.2. The first-order chi connectivity index (χ1) is 10.1. The zero-order valence-corrected chi connectivity index (χ0v) is 12.4. The number of carbonyl (C=O) groups is 1. The van der Waals surface area contributed by atoms with Crippen molar-refractivity contribution < 1.29 is 24.1 Å². The van der Waals surface area contributed by atoms with E-state index in [-0.39, 0.29) is 30.9 Å². The van der Waals surface area contributed by atoms with Gasteiger partial charge in [-0.25, -0.2) is 6.57 Å². The van der Waals surface area contributed by atoms with Gasteiger partial charge in [-0.15, -0.1) is 0 Å². The average molecular weight is 297 g/mol. The molecule has 6 heteroatoms. The Morgan fingerprint density at radius 3 is 2.90 bits per heavy atom. The average Bonchev–Trinajstić information content (AvgIpc) is 2.88. The Kier molecular flexibility index (Phi) is 5.57. The molecule has 0 radical (unpaired) electrons. The maximum absolute atomic E-state index is 11.2. The molecule has 0 aromatic heterocycles. The van der Waals surface area contributed by atoms with Crippen LogP contribution in [0.2, 0.25) is 0 Å². The number of methoxy groups -OCH3 is 1. The second kappa shape index (κ2) is 7.21. The van der Waals surface area contributed by atoms with Crippen molar-refractivity contribution in [2.75, 3.05) is 20.3 Å². The number of rotatable bonds is 6. The maximum atomic E-state index is 11.2. The summed E-state index contributed by atoms with van der Waals surface area (Å²) in [5, 5.41) is 9.78.